The van der Waals surface area contributed by atoms with Crippen molar-refractivity contribution in [3.8, 4) is 0 Å². The Morgan fingerprint density at radius 3 is 2.60 bits per heavy atom. The van der Waals surface area contributed by atoms with Crippen LogP contribution in [0, 0.1) is 0 Å². The molecule has 0 aliphatic heterocycles. The first-order chi connectivity index (χ1) is 4.74. The molecule has 2 N–H and O–H groups in total. The predicted molar refractivity (Wildman–Crippen MR) is 38.7 cm³/mol. The zero-order valence-corrected chi connectivity index (χ0v) is 6.16. The molecule has 0 aromatic rings. The molecule has 0 aromatic heterocycles. The average Bonchev–Trinajstić information content (AvgIpc) is 1.99. The van der Waals surface area contributed by atoms with Crippen LogP contribution in [0.2, 0.25) is 0 Å². The van der Waals surface area contributed by atoms with Gasteiger partial charge in [-0.15, -0.1) is 6.58 Å². The minimum absolute atomic E-state index is 0.165. The van der Waals surface area contributed by atoms with Gasteiger partial charge in [0.1, 0.15) is 0 Å². The SMILES string of the molecule is C=C[C@@H](C[C@H](O)CO)OC. The van der Waals surface area contributed by atoms with Crippen LogP contribution in [-0.2, 0) is 4.74 Å². The fourth-order valence-corrected chi connectivity index (χ4v) is 0.631. The minimum Gasteiger partial charge on any atom is -0.394 e. The summed E-state index contributed by atoms with van der Waals surface area (Å²) >= 11 is 0. The summed E-state index contributed by atoms with van der Waals surface area (Å²) in [4.78, 5) is 0. The van der Waals surface area contributed by atoms with Crippen molar-refractivity contribution in [3.05, 3.63) is 12.7 Å². The molecule has 10 heavy (non-hydrogen) atoms. The first-order valence-corrected chi connectivity index (χ1v) is 3.18. The lowest BCUT2D eigenvalue weighted by molar-refractivity contribution is 0.0390. The molecule has 0 heterocycles. The van der Waals surface area contributed by atoms with Gasteiger partial charge < -0.3 is 14.9 Å². The highest BCUT2D eigenvalue weighted by Crippen LogP contribution is 2.01. The van der Waals surface area contributed by atoms with Gasteiger partial charge in [0, 0.05) is 13.5 Å². The second-order valence-corrected chi connectivity index (χ2v) is 2.08. The average molecular weight is 146 g/mol. The van der Waals surface area contributed by atoms with Crippen LogP contribution < -0.4 is 0 Å². The second-order valence-electron chi connectivity index (χ2n) is 2.08. The largest absolute Gasteiger partial charge is 0.394 e. The molecule has 0 bridgehead atoms. The van der Waals surface area contributed by atoms with E-state index in [1.807, 2.05) is 0 Å². The van der Waals surface area contributed by atoms with Crippen molar-refractivity contribution in [2.45, 2.75) is 18.6 Å². The van der Waals surface area contributed by atoms with E-state index in [1.54, 1.807) is 6.08 Å². The topological polar surface area (TPSA) is 49.7 Å². The fourth-order valence-electron chi connectivity index (χ4n) is 0.631. The molecule has 0 unspecified atom stereocenters. The summed E-state index contributed by atoms with van der Waals surface area (Å²) in [6, 6.07) is 0. The highest BCUT2D eigenvalue weighted by atomic mass is 16.5. The molecule has 0 aliphatic carbocycles. The summed E-state index contributed by atoms with van der Waals surface area (Å²) in [5, 5.41) is 17.3. The molecule has 0 rings (SSSR count). The lowest BCUT2D eigenvalue weighted by atomic mass is 10.1. The Labute approximate surface area is 60.9 Å². The highest BCUT2D eigenvalue weighted by molar-refractivity contribution is 4.81. The molecule has 0 saturated carbocycles. The van der Waals surface area contributed by atoms with Crippen molar-refractivity contribution in [2.24, 2.45) is 0 Å². The van der Waals surface area contributed by atoms with E-state index in [-0.39, 0.29) is 12.7 Å². The third-order valence-corrected chi connectivity index (χ3v) is 1.28. The van der Waals surface area contributed by atoms with E-state index in [0.29, 0.717) is 6.42 Å². The maximum absolute atomic E-state index is 8.91. The fraction of sp³-hybridized carbons (Fsp3) is 0.714. The van der Waals surface area contributed by atoms with Crippen LogP contribution in [0.1, 0.15) is 6.42 Å². The predicted octanol–water partition coefficient (Wildman–Crippen LogP) is -0.0693. The van der Waals surface area contributed by atoms with Crippen LogP contribution in [0.25, 0.3) is 0 Å². The lowest BCUT2D eigenvalue weighted by Gasteiger charge is -2.12. The summed E-state index contributed by atoms with van der Waals surface area (Å²) in [6.45, 7) is 3.27. The normalized spacial score (nSPS) is 16.3. The molecule has 0 spiro atoms. The third-order valence-electron chi connectivity index (χ3n) is 1.28. The molecule has 0 aromatic carbocycles. The van der Waals surface area contributed by atoms with Crippen molar-refractivity contribution in [3.63, 3.8) is 0 Å². The third kappa shape index (κ3) is 3.61. The summed E-state index contributed by atoms with van der Waals surface area (Å²) in [5.74, 6) is 0. The second kappa shape index (κ2) is 5.41. The quantitative estimate of drug-likeness (QED) is 0.534. The summed E-state index contributed by atoms with van der Waals surface area (Å²) < 4.78 is 4.88. The van der Waals surface area contributed by atoms with Gasteiger partial charge in [0.25, 0.3) is 0 Å². The Morgan fingerprint density at radius 2 is 2.30 bits per heavy atom. The zero-order chi connectivity index (χ0) is 7.98. The van der Waals surface area contributed by atoms with Crippen molar-refractivity contribution < 1.29 is 14.9 Å². The van der Waals surface area contributed by atoms with Crippen molar-refractivity contribution in [1.82, 2.24) is 0 Å². The molecule has 60 valence electrons. The molecule has 0 fully saturated rings. The number of aliphatic hydroxyl groups excluding tert-OH is 2. The van der Waals surface area contributed by atoms with Crippen LogP contribution in [-0.4, -0.2) is 36.1 Å². The number of hydrogen-bond acceptors (Lipinski definition) is 3. The molecule has 0 saturated heterocycles. The van der Waals surface area contributed by atoms with E-state index in [2.05, 4.69) is 6.58 Å². The number of ether oxygens (including phenoxy) is 1. The van der Waals surface area contributed by atoms with Gasteiger partial charge in [-0.25, -0.2) is 0 Å². The maximum Gasteiger partial charge on any atom is 0.0798 e. The van der Waals surface area contributed by atoms with Gasteiger partial charge in [-0.3, -0.25) is 0 Å². The Morgan fingerprint density at radius 1 is 1.70 bits per heavy atom. The molecule has 3 nitrogen and oxygen atoms in total. The smallest absolute Gasteiger partial charge is 0.0798 e. The van der Waals surface area contributed by atoms with Gasteiger partial charge >= 0.3 is 0 Å². The van der Waals surface area contributed by atoms with E-state index < -0.39 is 6.10 Å². The van der Waals surface area contributed by atoms with Crippen molar-refractivity contribution in [2.75, 3.05) is 13.7 Å². The number of aliphatic hydroxyl groups is 2. The number of hydrogen-bond donors (Lipinski definition) is 2. The standard InChI is InChI=1S/C7H14O3/c1-3-7(10-2)4-6(9)5-8/h3,6-9H,1,4-5H2,2H3/t6-,7-/m0/s1. The molecule has 2 atom stereocenters. The van der Waals surface area contributed by atoms with E-state index >= 15 is 0 Å². The zero-order valence-electron chi connectivity index (χ0n) is 6.16. The van der Waals surface area contributed by atoms with Gasteiger partial charge in [0.2, 0.25) is 0 Å². The van der Waals surface area contributed by atoms with Gasteiger partial charge in [0.15, 0.2) is 0 Å². The molecule has 0 aliphatic rings. The van der Waals surface area contributed by atoms with E-state index in [9.17, 15) is 0 Å². The highest BCUT2D eigenvalue weighted by Gasteiger charge is 2.08. The molecule has 0 radical (unpaired) electrons. The molecular formula is C7H14O3. The number of rotatable bonds is 5. The lowest BCUT2D eigenvalue weighted by Crippen LogP contribution is -2.20. The van der Waals surface area contributed by atoms with Gasteiger partial charge in [0.05, 0.1) is 18.8 Å². The van der Waals surface area contributed by atoms with Crippen molar-refractivity contribution in [1.29, 1.82) is 0 Å². The van der Waals surface area contributed by atoms with E-state index in [0.717, 1.165) is 0 Å². The first kappa shape index (κ1) is 9.62. The Bertz CT molecular complexity index is 92.9. The van der Waals surface area contributed by atoms with Crippen LogP contribution in [0.5, 0.6) is 0 Å². The number of methoxy groups -OCH3 is 1. The van der Waals surface area contributed by atoms with Crippen LogP contribution in [0.15, 0.2) is 12.7 Å². The van der Waals surface area contributed by atoms with E-state index in [1.165, 1.54) is 7.11 Å². The molecular weight excluding hydrogens is 132 g/mol. The summed E-state index contributed by atoms with van der Waals surface area (Å²) in [5.41, 5.74) is 0. The van der Waals surface area contributed by atoms with Crippen molar-refractivity contribution >= 4 is 0 Å². The monoisotopic (exact) mass is 146 g/mol. The minimum atomic E-state index is -0.706. The summed E-state index contributed by atoms with van der Waals surface area (Å²) in [6.07, 6.45) is 1.13. The van der Waals surface area contributed by atoms with Gasteiger partial charge in [-0.1, -0.05) is 6.08 Å². The molecule has 3 heteroatoms. The van der Waals surface area contributed by atoms with Gasteiger partial charge in [-0.2, -0.15) is 0 Å². The maximum atomic E-state index is 8.91. The van der Waals surface area contributed by atoms with Crippen LogP contribution >= 0.6 is 0 Å². The van der Waals surface area contributed by atoms with Crippen LogP contribution in [0.4, 0.5) is 0 Å². The Balaban J connectivity index is 3.51. The Kier molecular flexibility index (Phi) is 5.20. The Hall–Kier alpha value is -0.380. The van der Waals surface area contributed by atoms with E-state index in [4.69, 9.17) is 14.9 Å². The molecule has 0 amide bonds. The summed E-state index contributed by atoms with van der Waals surface area (Å²) in [7, 11) is 1.54. The van der Waals surface area contributed by atoms with Crippen LogP contribution in [0.3, 0.4) is 0 Å². The van der Waals surface area contributed by atoms with Gasteiger partial charge in [-0.05, 0) is 0 Å². The first-order valence-electron chi connectivity index (χ1n) is 3.18.